The molecular formula is C12H10N2O2. The lowest BCUT2D eigenvalue weighted by molar-refractivity contribution is 0.0816. The first-order valence-electron chi connectivity index (χ1n) is 5.04. The Morgan fingerprint density at radius 2 is 2.19 bits per heavy atom. The Hall–Kier alpha value is -2.10. The fourth-order valence-electron chi connectivity index (χ4n) is 2.03. The Morgan fingerprint density at radius 1 is 1.38 bits per heavy atom. The average molecular weight is 214 g/mol. The zero-order valence-corrected chi connectivity index (χ0v) is 8.80. The van der Waals surface area contributed by atoms with Gasteiger partial charge in [-0.15, -0.1) is 0 Å². The summed E-state index contributed by atoms with van der Waals surface area (Å²) in [6.45, 7) is 0.618. The number of carbonyl (C=O) groups excluding carboxylic acids is 1. The Bertz CT molecular complexity index is 546. The van der Waals surface area contributed by atoms with Crippen molar-refractivity contribution in [1.29, 1.82) is 0 Å². The molecule has 4 heteroatoms. The molecule has 4 nitrogen and oxygen atoms in total. The predicted molar refractivity (Wildman–Crippen MR) is 57.7 cm³/mol. The van der Waals surface area contributed by atoms with E-state index in [1.54, 1.807) is 18.1 Å². The van der Waals surface area contributed by atoms with E-state index in [1.165, 1.54) is 6.26 Å². The van der Waals surface area contributed by atoms with Gasteiger partial charge in [0, 0.05) is 24.7 Å². The van der Waals surface area contributed by atoms with Crippen molar-refractivity contribution in [3.05, 3.63) is 41.8 Å². The molecule has 0 N–H and O–H groups in total. The molecule has 1 aromatic heterocycles. The number of fused-ring (bicyclic) bond motifs is 1. The quantitative estimate of drug-likeness (QED) is 0.728. The Kier molecular flexibility index (Phi) is 1.83. The van der Waals surface area contributed by atoms with E-state index in [9.17, 15) is 4.79 Å². The lowest BCUT2D eigenvalue weighted by Crippen LogP contribution is -2.17. The van der Waals surface area contributed by atoms with Gasteiger partial charge in [-0.25, -0.2) is 4.98 Å². The van der Waals surface area contributed by atoms with Gasteiger partial charge in [0.05, 0.1) is 6.20 Å². The zero-order chi connectivity index (χ0) is 11.1. The first kappa shape index (κ1) is 9.15. The normalized spacial score (nSPS) is 14.3. The highest BCUT2D eigenvalue weighted by molar-refractivity contribution is 6.00. The third kappa shape index (κ3) is 1.16. The molecule has 0 spiro atoms. The standard InChI is InChI=1S/C12H10N2O2/c1-14-7-10-8(11-13-5-6-16-11)3-2-4-9(10)12(14)15/h2-6H,7H2,1H3. The molecule has 0 aliphatic carbocycles. The van der Waals surface area contributed by atoms with E-state index >= 15 is 0 Å². The van der Waals surface area contributed by atoms with E-state index in [2.05, 4.69) is 4.98 Å². The maximum absolute atomic E-state index is 11.8. The number of hydrogen-bond donors (Lipinski definition) is 0. The molecule has 2 aromatic rings. The van der Waals surface area contributed by atoms with Crippen LogP contribution in [0.5, 0.6) is 0 Å². The molecule has 2 heterocycles. The zero-order valence-electron chi connectivity index (χ0n) is 8.80. The fourth-order valence-corrected chi connectivity index (χ4v) is 2.03. The third-order valence-electron chi connectivity index (χ3n) is 2.81. The van der Waals surface area contributed by atoms with Crippen LogP contribution in [0.2, 0.25) is 0 Å². The lowest BCUT2D eigenvalue weighted by atomic mass is 10.0. The Labute approximate surface area is 92.5 Å². The van der Waals surface area contributed by atoms with Crippen LogP contribution in [0.3, 0.4) is 0 Å². The largest absolute Gasteiger partial charge is 0.445 e. The highest BCUT2D eigenvalue weighted by Crippen LogP contribution is 2.30. The van der Waals surface area contributed by atoms with Crippen molar-refractivity contribution in [2.24, 2.45) is 0 Å². The summed E-state index contributed by atoms with van der Waals surface area (Å²) < 4.78 is 5.27. The second-order valence-corrected chi connectivity index (χ2v) is 3.83. The number of nitrogens with zero attached hydrogens (tertiary/aromatic N) is 2. The van der Waals surface area contributed by atoms with Crippen LogP contribution in [0.1, 0.15) is 15.9 Å². The summed E-state index contributed by atoms with van der Waals surface area (Å²) in [4.78, 5) is 17.6. The van der Waals surface area contributed by atoms with E-state index in [1.807, 2.05) is 18.2 Å². The Morgan fingerprint density at radius 3 is 2.94 bits per heavy atom. The van der Waals surface area contributed by atoms with Crippen LogP contribution in [0.15, 0.2) is 35.1 Å². The van der Waals surface area contributed by atoms with Gasteiger partial charge in [0.15, 0.2) is 0 Å². The van der Waals surface area contributed by atoms with Crippen LogP contribution in [0.25, 0.3) is 11.5 Å². The topological polar surface area (TPSA) is 46.3 Å². The molecule has 0 radical (unpaired) electrons. The number of oxazole rings is 1. The third-order valence-corrected chi connectivity index (χ3v) is 2.81. The summed E-state index contributed by atoms with van der Waals surface area (Å²) in [7, 11) is 1.79. The molecule has 0 bridgehead atoms. The van der Waals surface area contributed by atoms with Gasteiger partial charge in [-0.3, -0.25) is 4.79 Å². The molecule has 0 fully saturated rings. The molecular weight excluding hydrogens is 204 g/mol. The summed E-state index contributed by atoms with van der Waals surface area (Å²) >= 11 is 0. The second kappa shape index (κ2) is 3.20. The molecule has 0 unspecified atom stereocenters. The number of amides is 1. The van der Waals surface area contributed by atoms with Gasteiger partial charge in [-0.1, -0.05) is 6.07 Å². The molecule has 1 aliphatic rings. The molecule has 16 heavy (non-hydrogen) atoms. The number of benzene rings is 1. The van der Waals surface area contributed by atoms with Crippen LogP contribution < -0.4 is 0 Å². The van der Waals surface area contributed by atoms with Crippen LogP contribution in [-0.2, 0) is 6.54 Å². The van der Waals surface area contributed by atoms with Gasteiger partial charge in [0.25, 0.3) is 5.91 Å². The molecule has 1 aliphatic heterocycles. The maximum atomic E-state index is 11.8. The van der Waals surface area contributed by atoms with Crippen molar-refractivity contribution in [2.75, 3.05) is 7.05 Å². The number of aromatic nitrogens is 1. The van der Waals surface area contributed by atoms with Gasteiger partial charge < -0.3 is 9.32 Å². The maximum Gasteiger partial charge on any atom is 0.254 e. The van der Waals surface area contributed by atoms with Gasteiger partial charge in [0.2, 0.25) is 5.89 Å². The lowest BCUT2D eigenvalue weighted by Gasteiger charge is -2.05. The second-order valence-electron chi connectivity index (χ2n) is 3.83. The molecule has 80 valence electrons. The summed E-state index contributed by atoms with van der Waals surface area (Å²) in [5.74, 6) is 0.628. The van der Waals surface area contributed by atoms with Crippen LogP contribution in [0, 0.1) is 0 Å². The van der Waals surface area contributed by atoms with E-state index in [0.717, 1.165) is 16.7 Å². The number of carbonyl (C=O) groups is 1. The fraction of sp³-hybridized carbons (Fsp3) is 0.167. The SMILES string of the molecule is CN1Cc2c(cccc2-c2ncco2)C1=O. The molecule has 3 rings (SSSR count). The van der Waals surface area contributed by atoms with Crippen molar-refractivity contribution in [3.8, 4) is 11.5 Å². The minimum absolute atomic E-state index is 0.0587. The van der Waals surface area contributed by atoms with E-state index in [4.69, 9.17) is 4.42 Å². The van der Waals surface area contributed by atoms with Crippen LogP contribution in [-0.4, -0.2) is 22.8 Å². The average Bonchev–Trinajstić information content (AvgIpc) is 2.89. The highest BCUT2D eigenvalue weighted by atomic mass is 16.3. The van der Waals surface area contributed by atoms with Gasteiger partial charge in [-0.05, 0) is 17.7 Å². The van der Waals surface area contributed by atoms with Gasteiger partial charge in [-0.2, -0.15) is 0 Å². The number of hydrogen-bond acceptors (Lipinski definition) is 3. The smallest absolute Gasteiger partial charge is 0.254 e. The number of rotatable bonds is 1. The van der Waals surface area contributed by atoms with Crippen LogP contribution in [0.4, 0.5) is 0 Å². The predicted octanol–water partition coefficient (Wildman–Crippen LogP) is 1.93. The summed E-state index contributed by atoms with van der Waals surface area (Å²) in [6.07, 6.45) is 3.14. The van der Waals surface area contributed by atoms with E-state index in [-0.39, 0.29) is 5.91 Å². The summed E-state index contributed by atoms with van der Waals surface area (Å²) in [5, 5.41) is 0. The van der Waals surface area contributed by atoms with Crippen LogP contribution >= 0.6 is 0 Å². The highest BCUT2D eigenvalue weighted by Gasteiger charge is 2.27. The summed E-state index contributed by atoms with van der Waals surface area (Å²) in [6, 6.07) is 5.63. The van der Waals surface area contributed by atoms with E-state index < -0.39 is 0 Å². The summed E-state index contributed by atoms with van der Waals surface area (Å²) in [5.41, 5.74) is 2.65. The Balaban J connectivity index is 2.20. The van der Waals surface area contributed by atoms with Crippen molar-refractivity contribution in [2.45, 2.75) is 6.54 Å². The molecule has 0 atom stereocenters. The first-order chi connectivity index (χ1) is 7.77. The van der Waals surface area contributed by atoms with E-state index in [0.29, 0.717) is 12.4 Å². The molecule has 0 saturated carbocycles. The monoisotopic (exact) mass is 214 g/mol. The minimum Gasteiger partial charge on any atom is -0.445 e. The van der Waals surface area contributed by atoms with Crippen molar-refractivity contribution >= 4 is 5.91 Å². The van der Waals surface area contributed by atoms with Gasteiger partial charge >= 0.3 is 0 Å². The first-order valence-corrected chi connectivity index (χ1v) is 5.04. The molecule has 1 amide bonds. The van der Waals surface area contributed by atoms with Crippen molar-refractivity contribution < 1.29 is 9.21 Å². The van der Waals surface area contributed by atoms with Crippen molar-refractivity contribution in [3.63, 3.8) is 0 Å². The molecule has 1 aromatic carbocycles. The molecule has 0 saturated heterocycles. The van der Waals surface area contributed by atoms with Gasteiger partial charge in [0.1, 0.15) is 6.26 Å². The van der Waals surface area contributed by atoms with Crippen molar-refractivity contribution in [1.82, 2.24) is 9.88 Å². The minimum atomic E-state index is 0.0587.